The molecule has 0 bridgehead atoms. The Balaban J connectivity index is 1.92. The maximum Gasteiger partial charge on any atom is 0.261 e. The Labute approximate surface area is 120 Å². The predicted molar refractivity (Wildman–Crippen MR) is 71.5 cm³/mol. The second kappa shape index (κ2) is 6.12. The topological polar surface area (TPSA) is 58.6 Å². The number of carbonyl (C=O) groups excluding carboxylic acids is 2. The highest BCUT2D eigenvalue weighted by atomic mass is 35.5. The molecule has 0 atom stereocenters. The minimum atomic E-state index is -0.258. The minimum Gasteiger partial charge on any atom is -0.482 e. The SMILES string of the molecule is O=C1CN(C(=O)COc2cc(Cl)ccc2Cl)CCN1. The molecule has 1 saturated heterocycles. The lowest BCUT2D eigenvalue weighted by Gasteiger charge is -2.26. The number of rotatable bonds is 3. The van der Waals surface area contributed by atoms with E-state index in [2.05, 4.69) is 5.32 Å². The second-order valence-corrected chi connectivity index (χ2v) is 4.87. The Morgan fingerprint density at radius 3 is 2.95 bits per heavy atom. The van der Waals surface area contributed by atoms with Crippen molar-refractivity contribution in [1.82, 2.24) is 10.2 Å². The van der Waals surface area contributed by atoms with Crippen LogP contribution in [0.1, 0.15) is 0 Å². The molecule has 19 heavy (non-hydrogen) atoms. The van der Waals surface area contributed by atoms with Gasteiger partial charge in [-0.15, -0.1) is 0 Å². The molecular formula is C12H12Cl2N2O3. The number of piperazine rings is 1. The fourth-order valence-electron chi connectivity index (χ4n) is 1.67. The Morgan fingerprint density at radius 1 is 1.42 bits per heavy atom. The van der Waals surface area contributed by atoms with E-state index in [1.807, 2.05) is 0 Å². The average Bonchev–Trinajstić information content (AvgIpc) is 2.39. The molecule has 1 N–H and O–H groups in total. The van der Waals surface area contributed by atoms with Crippen LogP contribution in [0.3, 0.4) is 0 Å². The van der Waals surface area contributed by atoms with Gasteiger partial charge in [0.15, 0.2) is 6.61 Å². The Kier molecular flexibility index (Phi) is 4.50. The lowest BCUT2D eigenvalue weighted by atomic mass is 10.3. The first-order chi connectivity index (χ1) is 9.06. The summed E-state index contributed by atoms with van der Waals surface area (Å²) in [5, 5.41) is 3.50. The summed E-state index contributed by atoms with van der Waals surface area (Å²) in [5.41, 5.74) is 0. The molecule has 1 aromatic carbocycles. The third-order valence-corrected chi connectivity index (χ3v) is 3.18. The Bertz CT molecular complexity index is 508. The van der Waals surface area contributed by atoms with Gasteiger partial charge >= 0.3 is 0 Å². The van der Waals surface area contributed by atoms with Gasteiger partial charge in [0.2, 0.25) is 5.91 Å². The third-order valence-electron chi connectivity index (χ3n) is 2.64. The van der Waals surface area contributed by atoms with Crippen LogP contribution in [0, 0.1) is 0 Å². The summed E-state index contributed by atoms with van der Waals surface area (Å²) < 4.78 is 5.33. The molecule has 0 radical (unpaired) electrons. The molecule has 2 rings (SSSR count). The van der Waals surface area contributed by atoms with E-state index in [1.165, 1.54) is 4.90 Å². The number of ether oxygens (including phenoxy) is 1. The summed E-state index contributed by atoms with van der Waals surface area (Å²) >= 11 is 11.7. The van der Waals surface area contributed by atoms with E-state index in [4.69, 9.17) is 27.9 Å². The highest BCUT2D eigenvalue weighted by Gasteiger charge is 2.21. The Hall–Kier alpha value is -1.46. The summed E-state index contributed by atoms with van der Waals surface area (Å²) in [5.74, 6) is -0.0738. The van der Waals surface area contributed by atoms with Crippen molar-refractivity contribution in [3.05, 3.63) is 28.2 Å². The lowest BCUT2D eigenvalue weighted by molar-refractivity contribution is -0.139. The summed E-state index contributed by atoms with van der Waals surface area (Å²) in [4.78, 5) is 24.5. The molecule has 7 heteroatoms. The van der Waals surface area contributed by atoms with Crippen molar-refractivity contribution >= 4 is 35.0 Å². The maximum atomic E-state index is 11.9. The number of hydrogen-bond donors (Lipinski definition) is 1. The smallest absolute Gasteiger partial charge is 0.261 e. The van der Waals surface area contributed by atoms with Crippen molar-refractivity contribution in [2.45, 2.75) is 0 Å². The zero-order valence-corrected chi connectivity index (χ0v) is 11.5. The number of amides is 2. The fourth-order valence-corrected chi connectivity index (χ4v) is 2.00. The quantitative estimate of drug-likeness (QED) is 0.916. The molecular weight excluding hydrogens is 291 g/mol. The van der Waals surface area contributed by atoms with Crippen LogP contribution in [0.5, 0.6) is 5.75 Å². The average molecular weight is 303 g/mol. The van der Waals surface area contributed by atoms with Crippen LogP contribution in [0.15, 0.2) is 18.2 Å². The van der Waals surface area contributed by atoms with Crippen LogP contribution in [-0.4, -0.2) is 43.0 Å². The van der Waals surface area contributed by atoms with Crippen molar-refractivity contribution in [3.8, 4) is 5.75 Å². The third kappa shape index (κ3) is 3.75. The number of hydrogen-bond acceptors (Lipinski definition) is 3. The lowest BCUT2D eigenvalue weighted by Crippen LogP contribution is -2.51. The minimum absolute atomic E-state index is 0.0610. The monoisotopic (exact) mass is 302 g/mol. The van der Waals surface area contributed by atoms with Gasteiger partial charge in [0, 0.05) is 24.2 Å². The van der Waals surface area contributed by atoms with Crippen molar-refractivity contribution in [3.63, 3.8) is 0 Å². The van der Waals surface area contributed by atoms with Crippen molar-refractivity contribution in [2.75, 3.05) is 26.2 Å². The molecule has 0 spiro atoms. The normalized spacial score (nSPS) is 15.1. The molecule has 1 aromatic rings. The van der Waals surface area contributed by atoms with E-state index in [9.17, 15) is 9.59 Å². The first-order valence-electron chi connectivity index (χ1n) is 5.68. The van der Waals surface area contributed by atoms with E-state index in [0.29, 0.717) is 28.9 Å². The molecule has 1 aliphatic heterocycles. The van der Waals surface area contributed by atoms with Gasteiger partial charge in [-0.05, 0) is 12.1 Å². The summed E-state index contributed by atoms with van der Waals surface area (Å²) in [6.45, 7) is 0.832. The standard InChI is InChI=1S/C12H12Cl2N2O3/c13-8-1-2-9(14)10(5-8)19-7-12(18)16-4-3-15-11(17)6-16/h1-2,5H,3-4,6-7H2,(H,15,17). The van der Waals surface area contributed by atoms with E-state index in [-0.39, 0.29) is 25.0 Å². The molecule has 1 fully saturated rings. The molecule has 102 valence electrons. The van der Waals surface area contributed by atoms with Gasteiger partial charge in [0.1, 0.15) is 5.75 Å². The molecule has 1 aliphatic rings. The van der Waals surface area contributed by atoms with Gasteiger partial charge in [-0.25, -0.2) is 0 Å². The largest absolute Gasteiger partial charge is 0.482 e. The van der Waals surface area contributed by atoms with Crippen LogP contribution in [0.25, 0.3) is 0 Å². The van der Waals surface area contributed by atoms with E-state index < -0.39 is 0 Å². The van der Waals surface area contributed by atoms with E-state index in [0.717, 1.165) is 0 Å². The van der Waals surface area contributed by atoms with Gasteiger partial charge in [-0.2, -0.15) is 0 Å². The van der Waals surface area contributed by atoms with Crippen LogP contribution >= 0.6 is 23.2 Å². The zero-order chi connectivity index (χ0) is 13.8. The summed E-state index contributed by atoms with van der Waals surface area (Å²) in [6.07, 6.45) is 0. The van der Waals surface area contributed by atoms with Gasteiger partial charge in [-0.1, -0.05) is 23.2 Å². The van der Waals surface area contributed by atoms with Gasteiger partial charge in [0.05, 0.1) is 11.6 Å². The molecule has 0 aliphatic carbocycles. The number of carbonyl (C=O) groups is 2. The van der Waals surface area contributed by atoms with Crippen LogP contribution in [0.2, 0.25) is 10.0 Å². The maximum absolute atomic E-state index is 11.9. The van der Waals surface area contributed by atoms with Crippen molar-refractivity contribution < 1.29 is 14.3 Å². The zero-order valence-electron chi connectivity index (χ0n) is 9.99. The van der Waals surface area contributed by atoms with Gasteiger partial charge in [0.25, 0.3) is 5.91 Å². The molecule has 0 saturated carbocycles. The van der Waals surface area contributed by atoms with Gasteiger partial charge < -0.3 is 15.0 Å². The van der Waals surface area contributed by atoms with E-state index in [1.54, 1.807) is 18.2 Å². The highest BCUT2D eigenvalue weighted by Crippen LogP contribution is 2.27. The molecule has 5 nitrogen and oxygen atoms in total. The molecule has 2 amide bonds. The Morgan fingerprint density at radius 2 is 2.21 bits per heavy atom. The molecule has 1 heterocycles. The number of benzene rings is 1. The number of nitrogens with one attached hydrogen (secondary N) is 1. The van der Waals surface area contributed by atoms with Gasteiger partial charge in [-0.3, -0.25) is 9.59 Å². The summed E-state index contributed by atoms with van der Waals surface area (Å²) in [7, 11) is 0. The fraction of sp³-hybridized carbons (Fsp3) is 0.333. The first-order valence-corrected chi connectivity index (χ1v) is 6.44. The van der Waals surface area contributed by atoms with Crippen LogP contribution < -0.4 is 10.1 Å². The van der Waals surface area contributed by atoms with E-state index >= 15 is 0 Å². The second-order valence-electron chi connectivity index (χ2n) is 4.03. The number of nitrogens with zero attached hydrogens (tertiary/aromatic N) is 1. The molecule has 0 aromatic heterocycles. The van der Waals surface area contributed by atoms with Crippen molar-refractivity contribution in [1.29, 1.82) is 0 Å². The molecule has 0 unspecified atom stereocenters. The van der Waals surface area contributed by atoms with Crippen molar-refractivity contribution in [2.24, 2.45) is 0 Å². The van der Waals surface area contributed by atoms with Crippen LogP contribution in [-0.2, 0) is 9.59 Å². The summed E-state index contributed by atoms with van der Waals surface area (Å²) in [6, 6.07) is 4.77. The predicted octanol–water partition coefficient (Wildman–Crippen LogP) is 1.33. The first kappa shape index (κ1) is 14.0. The van der Waals surface area contributed by atoms with Crippen LogP contribution in [0.4, 0.5) is 0 Å². The number of halogens is 2. The highest BCUT2D eigenvalue weighted by molar-refractivity contribution is 6.34.